The summed E-state index contributed by atoms with van der Waals surface area (Å²) < 4.78 is 29.5. The fourth-order valence-corrected chi connectivity index (χ4v) is 2.83. The first-order valence-corrected chi connectivity index (χ1v) is 7.20. The molecule has 0 aliphatic carbocycles. The van der Waals surface area contributed by atoms with Gasteiger partial charge < -0.3 is 4.74 Å². The standard InChI is InChI=1S/C11H23NO4S/c1-11(2,3)9-12(4)17(14,15)8-6-7-10(13)16-5/h6-9H2,1-5H3. The van der Waals surface area contributed by atoms with Crippen LogP contribution in [0.15, 0.2) is 0 Å². The Labute approximate surface area is 104 Å². The van der Waals surface area contributed by atoms with Gasteiger partial charge in [0.2, 0.25) is 10.0 Å². The second-order valence-corrected chi connectivity index (χ2v) is 7.51. The average Bonchev–Trinajstić information content (AvgIpc) is 2.14. The quantitative estimate of drug-likeness (QED) is 0.678. The minimum Gasteiger partial charge on any atom is -0.469 e. The molecule has 17 heavy (non-hydrogen) atoms. The summed E-state index contributed by atoms with van der Waals surface area (Å²) in [6.45, 7) is 6.40. The largest absolute Gasteiger partial charge is 0.469 e. The van der Waals surface area contributed by atoms with Crippen molar-refractivity contribution in [2.75, 3.05) is 26.5 Å². The zero-order chi connectivity index (χ0) is 13.7. The highest BCUT2D eigenvalue weighted by atomic mass is 32.2. The molecule has 0 aromatic carbocycles. The van der Waals surface area contributed by atoms with E-state index < -0.39 is 10.0 Å². The van der Waals surface area contributed by atoms with E-state index in [9.17, 15) is 13.2 Å². The second-order valence-electron chi connectivity index (χ2n) is 5.31. The highest BCUT2D eigenvalue weighted by Gasteiger charge is 2.23. The van der Waals surface area contributed by atoms with Gasteiger partial charge in [-0.3, -0.25) is 4.79 Å². The first-order valence-electron chi connectivity index (χ1n) is 5.59. The number of hydrogen-bond donors (Lipinski definition) is 0. The van der Waals surface area contributed by atoms with E-state index in [1.165, 1.54) is 11.4 Å². The molecule has 0 saturated heterocycles. The third-order valence-electron chi connectivity index (χ3n) is 2.18. The predicted molar refractivity (Wildman–Crippen MR) is 67.1 cm³/mol. The highest BCUT2D eigenvalue weighted by molar-refractivity contribution is 7.89. The van der Waals surface area contributed by atoms with Gasteiger partial charge >= 0.3 is 5.97 Å². The number of esters is 1. The summed E-state index contributed by atoms with van der Waals surface area (Å²) in [6.07, 6.45) is 0.433. The van der Waals surface area contributed by atoms with E-state index in [1.807, 2.05) is 20.8 Å². The molecule has 0 fully saturated rings. The molecule has 0 saturated carbocycles. The zero-order valence-electron chi connectivity index (χ0n) is 11.3. The lowest BCUT2D eigenvalue weighted by molar-refractivity contribution is -0.140. The molecule has 6 heteroatoms. The summed E-state index contributed by atoms with van der Waals surface area (Å²) in [5.74, 6) is -0.395. The van der Waals surface area contributed by atoms with Crippen molar-refractivity contribution in [2.45, 2.75) is 33.6 Å². The van der Waals surface area contributed by atoms with Gasteiger partial charge in [-0.1, -0.05) is 20.8 Å². The zero-order valence-corrected chi connectivity index (χ0v) is 12.1. The highest BCUT2D eigenvalue weighted by Crippen LogP contribution is 2.16. The van der Waals surface area contributed by atoms with E-state index in [-0.39, 0.29) is 23.6 Å². The lowest BCUT2D eigenvalue weighted by atomic mass is 9.97. The first-order chi connectivity index (χ1) is 7.58. The summed E-state index contributed by atoms with van der Waals surface area (Å²) >= 11 is 0. The van der Waals surface area contributed by atoms with Gasteiger partial charge in [0, 0.05) is 20.0 Å². The number of sulfonamides is 1. The van der Waals surface area contributed by atoms with E-state index in [0.29, 0.717) is 13.0 Å². The number of nitrogens with zero attached hydrogens (tertiary/aromatic N) is 1. The van der Waals surface area contributed by atoms with Gasteiger partial charge in [0.05, 0.1) is 12.9 Å². The van der Waals surface area contributed by atoms with E-state index in [4.69, 9.17) is 0 Å². The normalized spacial score (nSPS) is 12.8. The Balaban J connectivity index is 4.24. The smallest absolute Gasteiger partial charge is 0.305 e. The topological polar surface area (TPSA) is 63.7 Å². The molecule has 5 nitrogen and oxygen atoms in total. The van der Waals surface area contributed by atoms with Crippen molar-refractivity contribution < 1.29 is 17.9 Å². The molecule has 0 N–H and O–H groups in total. The fraction of sp³-hybridized carbons (Fsp3) is 0.909. The molecule has 0 aromatic heterocycles. The molecule has 0 aromatic rings. The van der Waals surface area contributed by atoms with Crippen LogP contribution in [-0.2, 0) is 19.6 Å². The number of rotatable bonds is 6. The summed E-state index contributed by atoms with van der Waals surface area (Å²) in [7, 11) is -0.409. The van der Waals surface area contributed by atoms with Gasteiger partial charge in [-0.15, -0.1) is 0 Å². The SMILES string of the molecule is COC(=O)CCCS(=O)(=O)N(C)CC(C)(C)C. The lowest BCUT2D eigenvalue weighted by Crippen LogP contribution is -2.36. The van der Waals surface area contributed by atoms with Gasteiger partial charge in [-0.25, -0.2) is 12.7 Å². The number of methoxy groups -OCH3 is 1. The van der Waals surface area contributed by atoms with Gasteiger partial charge in [-0.2, -0.15) is 0 Å². The summed E-state index contributed by atoms with van der Waals surface area (Å²) in [5.41, 5.74) is -0.0792. The van der Waals surface area contributed by atoms with Crippen LogP contribution in [0.5, 0.6) is 0 Å². The van der Waals surface area contributed by atoms with Crippen LogP contribution in [0, 0.1) is 5.41 Å². The molecular formula is C11H23NO4S. The number of ether oxygens (including phenoxy) is 1. The van der Waals surface area contributed by atoms with E-state index in [1.54, 1.807) is 7.05 Å². The minimum atomic E-state index is -3.27. The van der Waals surface area contributed by atoms with Crippen molar-refractivity contribution >= 4 is 16.0 Å². The molecule has 0 aliphatic heterocycles. The summed E-state index contributed by atoms with van der Waals surface area (Å²) in [5, 5.41) is 0. The van der Waals surface area contributed by atoms with Crippen LogP contribution in [0.1, 0.15) is 33.6 Å². The fourth-order valence-electron chi connectivity index (χ4n) is 1.42. The number of hydrogen-bond acceptors (Lipinski definition) is 4. The van der Waals surface area contributed by atoms with Gasteiger partial charge in [0.1, 0.15) is 0 Å². The molecule has 0 atom stereocenters. The van der Waals surface area contributed by atoms with Crippen LogP contribution in [0.3, 0.4) is 0 Å². The van der Waals surface area contributed by atoms with Crippen LogP contribution < -0.4 is 0 Å². The maximum Gasteiger partial charge on any atom is 0.305 e. The molecule has 0 spiro atoms. The Hall–Kier alpha value is -0.620. The number of carbonyl (C=O) groups excluding carboxylic acids is 1. The first kappa shape index (κ1) is 16.4. The van der Waals surface area contributed by atoms with Crippen molar-refractivity contribution in [3.05, 3.63) is 0 Å². The Morgan fingerprint density at radius 3 is 2.24 bits per heavy atom. The van der Waals surface area contributed by atoms with Crippen molar-refractivity contribution in [3.8, 4) is 0 Å². The Morgan fingerprint density at radius 1 is 1.29 bits per heavy atom. The second kappa shape index (κ2) is 6.35. The predicted octanol–water partition coefficient (Wildman–Crippen LogP) is 1.25. The maximum absolute atomic E-state index is 11.9. The Bertz CT molecular complexity index is 343. The monoisotopic (exact) mass is 265 g/mol. The Kier molecular flexibility index (Phi) is 6.12. The third-order valence-corrected chi connectivity index (χ3v) is 4.07. The van der Waals surface area contributed by atoms with E-state index in [2.05, 4.69) is 4.74 Å². The maximum atomic E-state index is 11.9. The van der Waals surface area contributed by atoms with E-state index in [0.717, 1.165) is 0 Å². The van der Waals surface area contributed by atoms with Crippen molar-refractivity contribution in [2.24, 2.45) is 5.41 Å². The Morgan fingerprint density at radius 2 is 1.82 bits per heavy atom. The van der Waals surface area contributed by atoms with Crippen LogP contribution in [0.2, 0.25) is 0 Å². The van der Waals surface area contributed by atoms with Crippen molar-refractivity contribution in [3.63, 3.8) is 0 Å². The van der Waals surface area contributed by atoms with Crippen LogP contribution >= 0.6 is 0 Å². The average molecular weight is 265 g/mol. The van der Waals surface area contributed by atoms with Crippen LogP contribution in [0.25, 0.3) is 0 Å². The van der Waals surface area contributed by atoms with Crippen LogP contribution in [0.4, 0.5) is 0 Å². The lowest BCUT2D eigenvalue weighted by Gasteiger charge is -2.26. The molecule has 0 radical (unpaired) electrons. The third kappa shape index (κ3) is 7.33. The van der Waals surface area contributed by atoms with Gasteiger partial charge in [-0.05, 0) is 11.8 Å². The van der Waals surface area contributed by atoms with Crippen molar-refractivity contribution in [1.29, 1.82) is 0 Å². The van der Waals surface area contributed by atoms with E-state index >= 15 is 0 Å². The van der Waals surface area contributed by atoms with Gasteiger partial charge in [0.25, 0.3) is 0 Å². The molecule has 102 valence electrons. The molecule has 0 bridgehead atoms. The summed E-state index contributed by atoms with van der Waals surface area (Å²) in [4.78, 5) is 10.9. The molecule has 0 aliphatic rings. The summed E-state index contributed by atoms with van der Waals surface area (Å²) in [6, 6.07) is 0. The molecule has 0 heterocycles. The molecule has 0 unspecified atom stereocenters. The minimum absolute atomic E-state index is 0.0192. The van der Waals surface area contributed by atoms with Crippen molar-refractivity contribution in [1.82, 2.24) is 4.31 Å². The molecule has 0 rings (SSSR count). The van der Waals surface area contributed by atoms with Gasteiger partial charge in [0.15, 0.2) is 0 Å². The molecule has 0 amide bonds. The number of carbonyl (C=O) groups is 1. The molecular weight excluding hydrogens is 242 g/mol. The van der Waals surface area contributed by atoms with Crippen LogP contribution in [-0.4, -0.2) is 45.1 Å².